The van der Waals surface area contributed by atoms with E-state index < -0.39 is 0 Å². The normalized spacial score (nSPS) is 8.83. The predicted molar refractivity (Wildman–Crippen MR) is 49.7 cm³/mol. The first kappa shape index (κ1) is 8.83. The van der Waals surface area contributed by atoms with E-state index >= 15 is 0 Å². The van der Waals surface area contributed by atoms with Crippen LogP contribution in [-0.4, -0.2) is 7.11 Å². The van der Waals surface area contributed by atoms with Crippen LogP contribution in [0.5, 0.6) is 0 Å². The smallest absolute Gasteiger partial charge is 0.0725 e. The lowest BCUT2D eigenvalue weighted by atomic mass is 10.1. The highest BCUT2D eigenvalue weighted by molar-refractivity contribution is 5.40. The highest BCUT2D eigenvalue weighted by atomic mass is 16.5. The second kappa shape index (κ2) is 4.58. The Morgan fingerprint density at radius 3 is 2.75 bits per heavy atom. The zero-order valence-corrected chi connectivity index (χ0v) is 7.42. The van der Waals surface area contributed by atoms with Crippen molar-refractivity contribution in [1.82, 2.24) is 0 Å². The van der Waals surface area contributed by atoms with Crippen molar-refractivity contribution < 1.29 is 4.74 Å². The van der Waals surface area contributed by atoms with Crippen molar-refractivity contribution in [3.63, 3.8) is 0 Å². The lowest BCUT2D eigenvalue weighted by molar-refractivity contribution is 0.184. The minimum atomic E-state index is 0.630. The van der Waals surface area contributed by atoms with E-state index in [1.165, 1.54) is 0 Å². The molecule has 0 fully saturated rings. The summed E-state index contributed by atoms with van der Waals surface area (Å²) in [4.78, 5) is 0. The van der Waals surface area contributed by atoms with Gasteiger partial charge in [-0.2, -0.15) is 0 Å². The molecule has 0 heterocycles. The molecule has 0 radical (unpaired) electrons. The SMILES string of the molecule is CC#Cc1ccccc1COC. The van der Waals surface area contributed by atoms with Crippen molar-refractivity contribution >= 4 is 0 Å². The van der Waals surface area contributed by atoms with E-state index in [-0.39, 0.29) is 0 Å². The van der Waals surface area contributed by atoms with Crippen LogP contribution >= 0.6 is 0 Å². The highest BCUT2D eigenvalue weighted by Crippen LogP contribution is 2.07. The Bertz CT molecular complexity index is 304. The zero-order valence-electron chi connectivity index (χ0n) is 7.42. The minimum absolute atomic E-state index is 0.630. The molecule has 0 unspecified atom stereocenters. The number of methoxy groups -OCH3 is 1. The van der Waals surface area contributed by atoms with E-state index in [1.54, 1.807) is 7.11 Å². The first-order valence-electron chi connectivity index (χ1n) is 3.88. The van der Waals surface area contributed by atoms with Crippen LogP contribution in [0.1, 0.15) is 18.1 Å². The summed E-state index contributed by atoms with van der Waals surface area (Å²) in [7, 11) is 1.69. The topological polar surface area (TPSA) is 9.23 Å². The van der Waals surface area contributed by atoms with E-state index in [2.05, 4.69) is 11.8 Å². The molecule has 1 nitrogen and oxygen atoms in total. The fraction of sp³-hybridized carbons (Fsp3) is 0.273. The maximum Gasteiger partial charge on any atom is 0.0725 e. The van der Waals surface area contributed by atoms with Crippen molar-refractivity contribution in [3.8, 4) is 11.8 Å². The molecule has 0 atom stereocenters. The van der Waals surface area contributed by atoms with Crippen LogP contribution in [0, 0.1) is 11.8 Å². The molecule has 1 aromatic rings. The standard InChI is InChI=1S/C11H12O/c1-3-6-10-7-4-5-8-11(10)9-12-2/h4-5,7-8H,9H2,1-2H3. The summed E-state index contributed by atoms with van der Waals surface area (Å²) in [6.45, 7) is 2.47. The molecule has 1 rings (SSSR count). The average Bonchev–Trinajstić information content (AvgIpc) is 2.09. The zero-order chi connectivity index (χ0) is 8.81. The summed E-state index contributed by atoms with van der Waals surface area (Å²) in [5.74, 6) is 5.91. The third-order valence-corrected chi connectivity index (χ3v) is 1.58. The van der Waals surface area contributed by atoms with Crippen LogP contribution in [0.4, 0.5) is 0 Å². The first-order chi connectivity index (χ1) is 5.88. The molecule has 0 saturated heterocycles. The van der Waals surface area contributed by atoms with Gasteiger partial charge in [-0.15, -0.1) is 5.92 Å². The van der Waals surface area contributed by atoms with E-state index in [4.69, 9.17) is 4.74 Å². The van der Waals surface area contributed by atoms with Crippen molar-refractivity contribution in [2.75, 3.05) is 7.11 Å². The maximum absolute atomic E-state index is 5.05. The predicted octanol–water partition coefficient (Wildman–Crippen LogP) is 2.20. The summed E-state index contributed by atoms with van der Waals surface area (Å²) < 4.78 is 5.05. The van der Waals surface area contributed by atoms with E-state index in [0.29, 0.717) is 6.61 Å². The summed E-state index contributed by atoms with van der Waals surface area (Å²) in [6, 6.07) is 8.02. The van der Waals surface area contributed by atoms with Crippen molar-refractivity contribution in [2.24, 2.45) is 0 Å². The van der Waals surface area contributed by atoms with Crippen LogP contribution in [-0.2, 0) is 11.3 Å². The van der Waals surface area contributed by atoms with Gasteiger partial charge in [-0.05, 0) is 18.6 Å². The van der Waals surface area contributed by atoms with E-state index in [1.807, 2.05) is 31.2 Å². The number of hydrogen-bond acceptors (Lipinski definition) is 1. The van der Waals surface area contributed by atoms with Crippen LogP contribution < -0.4 is 0 Å². The largest absolute Gasteiger partial charge is 0.380 e. The van der Waals surface area contributed by atoms with Gasteiger partial charge in [-0.3, -0.25) is 0 Å². The number of ether oxygens (including phenoxy) is 1. The Kier molecular flexibility index (Phi) is 3.37. The van der Waals surface area contributed by atoms with Crippen LogP contribution in [0.25, 0.3) is 0 Å². The number of hydrogen-bond donors (Lipinski definition) is 0. The molecule has 0 aliphatic heterocycles. The Balaban J connectivity index is 2.97. The Hall–Kier alpha value is -1.26. The molecule has 0 aliphatic rings. The van der Waals surface area contributed by atoms with Gasteiger partial charge < -0.3 is 4.74 Å². The van der Waals surface area contributed by atoms with Crippen LogP contribution in [0.3, 0.4) is 0 Å². The van der Waals surface area contributed by atoms with Gasteiger partial charge in [0.05, 0.1) is 6.61 Å². The molecule has 1 aromatic carbocycles. The van der Waals surface area contributed by atoms with Gasteiger partial charge in [0.2, 0.25) is 0 Å². The van der Waals surface area contributed by atoms with Crippen molar-refractivity contribution in [3.05, 3.63) is 35.4 Å². The molecule has 62 valence electrons. The molecule has 12 heavy (non-hydrogen) atoms. The van der Waals surface area contributed by atoms with Gasteiger partial charge in [0, 0.05) is 12.7 Å². The quantitative estimate of drug-likeness (QED) is 0.603. The van der Waals surface area contributed by atoms with Gasteiger partial charge >= 0.3 is 0 Å². The summed E-state index contributed by atoms with van der Waals surface area (Å²) in [5.41, 5.74) is 2.20. The molecule has 0 saturated carbocycles. The third-order valence-electron chi connectivity index (χ3n) is 1.58. The van der Waals surface area contributed by atoms with Gasteiger partial charge in [-0.1, -0.05) is 24.1 Å². The molecule has 0 aromatic heterocycles. The molecular formula is C11H12O. The van der Waals surface area contributed by atoms with Crippen LogP contribution in [0.15, 0.2) is 24.3 Å². The van der Waals surface area contributed by atoms with Gasteiger partial charge in [-0.25, -0.2) is 0 Å². The Labute approximate surface area is 73.4 Å². The molecule has 1 heteroatoms. The van der Waals surface area contributed by atoms with Crippen LogP contribution in [0.2, 0.25) is 0 Å². The summed E-state index contributed by atoms with van der Waals surface area (Å²) in [6.07, 6.45) is 0. The van der Waals surface area contributed by atoms with Crippen molar-refractivity contribution in [2.45, 2.75) is 13.5 Å². The number of rotatable bonds is 2. The maximum atomic E-state index is 5.05. The lowest BCUT2D eigenvalue weighted by Gasteiger charge is -2.01. The molecule has 0 N–H and O–H groups in total. The molecular weight excluding hydrogens is 148 g/mol. The average molecular weight is 160 g/mol. The van der Waals surface area contributed by atoms with Crippen molar-refractivity contribution in [1.29, 1.82) is 0 Å². The Morgan fingerprint density at radius 1 is 1.33 bits per heavy atom. The fourth-order valence-electron chi connectivity index (χ4n) is 1.06. The third kappa shape index (κ3) is 2.11. The monoisotopic (exact) mass is 160 g/mol. The van der Waals surface area contributed by atoms with Gasteiger partial charge in [0.25, 0.3) is 0 Å². The van der Waals surface area contributed by atoms with E-state index in [0.717, 1.165) is 11.1 Å². The summed E-state index contributed by atoms with van der Waals surface area (Å²) in [5, 5.41) is 0. The first-order valence-corrected chi connectivity index (χ1v) is 3.88. The van der Waals surface area contributed by atoms with E-state index in [9.17, 15) is 0 Å². The van der Waals surface area contributed by atoms with Gasteiger partial charge in [0.1, 0.15) is 0 Å². The van der Waals surface area contributed by atoms with Gasteiger partial charge in [0.15, 0.2) is 0 Å². The highest BCUT2D eigenvalue weighted by Gasteiger charge is 1.96. The molecule has 0 aliphatic carbocycles. The molecule has 0 spiro atoms. The lowest BCUT2D eigenvalue weighted by Crippen LogP contribution is -1.91. The fourth-order valence-corrected chi connectivity index (χ4v) is 1.06. The minimum Gasteiger partial charge on any atom is -0.380 e. The Morgan fingerprint density at radius 2 is 2.08 bits per heavy atom. The molecule has 0 amide bonds. The second-order valence-electron chi connectivity index (χ2n) is 2.47. The summed E-state index contributed by atoms with van der Waals surface area (Å²) >= 11 is 0. The molecule has 0 bridgehead atoms. The second-order valence-corrected chi connectivity index (χ2v) is 2.47. The number of benzene rings is 1.